The van der Waals surface area contributed by atoms with Crippen molar-refractivity contribution in [1.29, 1.82) is 5.26 Å². The van der Waals surface area contributed by atoms with Crippen molar-refractivity contribution in [1.82, 2.24) is 9.97 Å². The number of H-pyrrole nitrogens is 1. The van der Waals surface area contributed by atoms with Gasteiger partial charge in [-0.1, -0.05) is 42.1 Å². The standard InChI is InChI=1S/C15H13N3O3S/c16-9-11-12(8-10-4-2-1-3-5-10)17-15(18-14(11)21)22-7-6-13(19)20/h1-5H,6-8H2,(H,19,20)(H,17,18,21). The third kappa shape index (κ3) is 4.20. The molecule has 112 valence electrons. The molecule has 0 saturated heterocycles. The summed E-state index contributed by atoms with van der Waals surface area (Å²) in [4.78, 5) is 29.2. The normalized spacial score (nSPS) is 10.1. The first-order valence-corrected chi connectivity index (χ1v) is 7.50. The van der Waals surface area contributed by atoms with Crippen molar-refractivity contribution < 1.29 is 9.90 Å². The van der Waals surface area contributed by atoms with Gasteiger partial charge >= 0.3 is 5.97 Å². The zero-order valence-corrected chi connectivity index (χ0v) is 12.4. The highest BCUT2D eigenvalue weighted by molar-refractivity contribution is 7.99. The molecule has 22 heavy (non-hydrogen) atoms. The van der Waals surface area contributed by atoms with Gasteiger partial charge in [0.05, 0.1) is 12.1 Å². The van der Waals surface area contributed by atoms with Crippen LogP contribution < -0.4 is 5.56 Å². The third-order valence-corrected chi connectivity index (χ3v) is 3.73. The number of aromatic nitrogens is 2. The summed E-state index contributed by atoms with van der Waals surface area (Å²) in [6.45, 7) is 0. The first-order chi connectivity index (χ1) is 10.6. The molecule has 2 rings (SSSR count). The van der Waals surface area contributed by atoms with Gasteiger partial charge in [0, 0.05) is 12.2 Å². The molecule has 0 atom stereocenters. The number of thioether (sulfide) groups is 1. The molecule has 0 unspecified atom stereocenters. The molecule has 0 aliphatic carbocycles. The number of carboxylic acid groups (broad SMARTS) is 1. The third-order valence-electron chi connectivity index (χ3n) is 2.85. The van der Waals surface area contributed by atoms with E-state index in [4.69, 9.17) is 10.4 Å². The monoisotopic (exact) mass is 315 g/mol. The minimum Gasteiger partial charge on any atom is -0.481 e. The quantitative estimate of drug-likeness (QED) is 0.622. The van der Waals surface area contributed by atoms with E-state index in [2.05, 4.69) is 9.97 Å². The summed E-state index contributed by atoms with van der Waals surface area (Å²) in [6, 6.07) is 11.3. The predicted molar refractivity (Wildman–Crippen MR) is 81.8 cm³/mol. The van der Waals surface area contributed by atoms with Crippen LogP contribution in [0.2, 0.25) is 0 Å². The number of aliphatic carboxylic acids is 1. The fraction of sp³-hybridized carbons (Fsp3) is 0.200. The maximum atomic E-state index is 11.9. The number of aromatic amines is 1. The van der Waals surface area contributed by atoms with Gasteiger partial charge in [-0.3, -0.25) is 9.59 Å². The second kappa shape index (κ2) is 7.43. The lowest BCUT2D eigenvalue weighted by Gasteiger charge is -2.06. The summed E-state index contributed by atoms with van der Waals surface area (Å²) < 4.78 is 0. The zero-order chi connectivity index (χ0) is 15.9. The minimum atomic E-state index is -0.909. The summed E-state index contributed by atoms with van der Waals surface area (Å²) in [5.41, 5.74) is 0.835. The number of benzene rings is 1. The summed E-state index contributed by atoms with van der Waals surface area (Å²) in [5.74, 6) is -0.609. The molecule has 0 radical (unpaired) electrons. The number of nitrogens with zero attached hydrogens (tertiary/aromatic N) is 2. The van der Waals surface area contributed by atoms with Crippen LogP contribution in [-0.2, 0) is 11.2 Å². The average molecular weight is 315 g/mol. The van der Waals surface area contributed by atoms with E-state index in [1.54, 1.807) is 0 Å². The van der Waals surface area contributed by atoms with Crippen LogP contribution in [-0.4, -0.2) is 26.8 Å². The number of hydrogen-bond acceptors (Lipinski definition) is 5. The van der Waals surface area contributed by atoms with Gasteiger partial charge in [0.1, 0.15) is 11.6 Å². The van der Waals surface area contributed by atoms with E-state index in [1.165, 1.54) is 0 Å². The minimum absolute atomic E-state index is 0.00793. The predicted octanol–water partition coefficient (Wildman–Crippen LogP) is 1.80. The molecule has 0 fully saturated rings. The molecule has 2 aromatic rings. The fourth-order valence-electron chi connectivity index (χ4n) is 1.83. The molecular weight excluding hydrogens is 302 g/mol. The highest BCUT2D eigenvalue weighted by Gasteiger charge is 2.12. The first kappa shape index (κ1) is 15.8. The van der Waals surface area contributed by atoms with Crippen LogP contribution in [0, 0.1) is 11.3 Å². The lowest BCUT2D eigenvalue weighted by Crippen LogP contribution is -2.17. The number of carbonyl (C=O) groups is 1. The van der Waals surface area contributed by atoms with Crippen LogP contribution in [0.3, 0.4) is 0 Å². The summed E-state index contributed by atoms with van der Waals surface area (Å²) in [5, 5.41) is 18.1. The van der Waals surface area contributed by atoms with Crippen molar-refractivity contribution in [2.75, 3.05) is 5.75 Å². The Morgan fingerprint density at radius 2 is 2.09 bits per heavy atom. The van der Waals surface area contributed by atoms with Gasteiger partial charge in [0.2, 0.25) is 0 Å². The maximum Gasteiger partial charge on any atom is 0.304 e. The lowest BCUT2D eigenvalue weighted by molar-refractivity contribution is -0.136. The fourth-order valence-corrected chi connectivity index (χ4v) is 2.64. The molecule has 1 aromatic carbocycles. The van der Waals surface area contributed by atoms with Crippen LogP contribution in [0.1, 0.15) is 23.2 Å². The molecule has 0 aliphatic rings. The van der Waals surface area contributed by atoms with Crippen molar-refractivity contribution in [2.24, 2.45) is 0 Å². The van der Waals surface area contributed by atoms with E-state index in [0.717, 1.165) is 17.3 Å². The number of nitrogens with one attached hydrogen (secondary N) is 1. The number of hydrogen-bond donors (Lipinski definition) is 2. The van der Waals surface area contributed by atoms with Crippen LogP contribution in [0.25, 0.3) is 0 Å². The number of nitriles is 1. The second-order valence-electron chi connectivity index (χ2n) is 4.46. The summed E-state index contributed by atoms with van der Waals surface area (Å²) in [6.07, 6.45) is 0.350. The molecule has 7 heteroatoms. The molecule has 6 nitrogen and oxygen atoms in total. The van der Waals surface area contributed by atoms with Crippen molar-refractivity contribution in [2.45, 2.75) is 18.0 Å². The van der Waals surface area contributed by atoms with Gasteiger partial charge in [0.15, 0.2) is 5.16 Å². The van der Waals surface area contributed by atoms with Gasteiger partial charge in [-0.05, 0) is 5.56 Å². The van der Waals surface area contributed by atoms with E-state index in [9.17, 15) is 9.59 Å². The molecule has 2 N–H and O–H groups in total. The number of rotatable bonds is 6. The van der Waals surface area contributed by atoms with Crippen molar-refractivity contribution >= 4 is 17.7 Å². The van der Waals surface area contributed by atoms with Gasteiger partial charge in [-0.2, -0.15) is 5.26 Å². The summed E-state index contributed by atoms with van der Waals surface area (Å²) >= 11 is 1.15. The van der Waals surface area contributed by atoms with Gasteiger partial charge in [-0.15, -0.1) is 0 Å². The van der Waals surface area contributed by atoms with Gasteiger partial charge < -0.3 is 10.1 Å². The molecule has 1 heterocycles. The molecule has 0 bridgehead atoms. The average Bonchev–Trinajstić information content (AvgIpc) is 2.48. The van der Waals surface area contributed by atoms with E-state index in [-0.39, 0.29) is 12.0 Å². The van der Waals surface area contributed by atoms with E-state index in [1.807, 2.05) is 36.4 Å². The zero-order valence-electron chi connectivity index (χ0n) is 11.6. The Morgan fingerprint density at radius 1 is 1.36 bits per heavy atom. The Kier molecular flexibility index (Phi) is 5.33. The molecule has 0 spiro atoms. The lowest BCUT2D eigenvalue weighted by atomic mass is 10.1. The van der Waals surface area contributed by atoms with Crippen LogP contribution in [0.4, 0.5) is 0 Å². The highest BCUT2D eigenvalue weighted by Crippen LogP contribution is 2.16. The topological polar surface area (TPSA) is 107 Å². The Morgan fingerprint density at radius 3 is 2.73 bits per heavy atom. The molecule has 0 aliphatic heterocycles. The molecular formula is C15H13N3O3S. The highest BCUT2D eigenvalue weighted by atomic mass is 32.2. The smallest absolute Gasteiger partial charge is 0.304 e. The van der Waals surface area contributed by atoms with Gasteiger partial charge in [0.25, 0.3) is 5.56 Å². The van der Waals surface area contributed by atoms with E-state index >= 15 is 0 Å². The van der Waals surface area contributed by atoms with E-state index in [0.29, 0.717) is 23.0 Å². The van der Waals surface area contributed by atoms with Crippen LogP contribution in [0.5, 0.6) is 0 Å². The first-order valence-electron chi connectivity index (χ1n) is 6.52. The number of carboxylic acids is 1. The largest absolute Gasteiger partial charge is 0.481 e. The van der Waals surface area contributed by atoms with Crippen molar-refractivity contribution in [3.05, 3.63) is 57.5 Å². The van der Waals surface area contributed by atoms with Crippen LogP contribution in [0.15, 0.2) is 40.3 Å². The van der Waals surface area contributed by atoms with Crippen molar-refractivity contribution in [3.8, 4) is 6.07 Å². The molecule has 0 amide bonds. The SMILES string of the molecule is N#Cc1c(Cc2ccccc2)nc(SCCC(=O)O)[nH]c1=O. The Labute approximate surface area is 130 Å². The molecule has 1 aromatic heterocycles. The van der Waals surface area contributed by atoms with Crippen molar-refractivity contribution in [3.63, 3.8) is 0 Å². The van der Waals surface area contributed by atoms with E-state index < -0.39 is 11.5 Å². The Bertz CT molecular complexity index is 766. The Balaban J connectivity index is 2.26. The molecule has 0 saturated carbocycles. The van der Waals surface area contributed by atoms with Gasteiger partial charge in [-0.25, -0.2) is 4.98 Å². The van der Waals surface area contributed by atoms with Crippen LogP contribution >= 0.6 is 11.8 Å². The summed E-state index contributed by atoms with van der Waals surface area (Å²) in [7, 11) is 0. The second-order valence-corrected chi connectivity index (χ2v) is 5.54. The maximum absolute atomic E-state index is 11.9. The Hall–Kier alpha value is -2.59.